The van der Waals surface area contributed by atoms with Crippen LogP contribution in [0.3, 0.4) is 0 Å². The van der Waals surface area contributed by atoms with Gasteiger partial charge in [0.25, 0.3) is 5.91 Å². The lowest BCUT2D eigenvalue weighted by Crippen LogP contribution is -2.57. The molecule has 5 aromatic rings. The number of hydrogen-bond acceptors (Lipinski definition) is 4. The molecule has 1 unspecified atom stereocenters. The first-order valence-electron chi connectivity index (χ1n) is 13.6. The average molecular weight is 579 g/mol. The molecule has 0 aliphatic heterocycles. The van der Waals surface area contributed by atoms with Gasteiger partial charge in [0.05, 0.1) is 5.69 Å². The van der Waals surface area contributed by atoms with Gasteiger partial charge in [-0.1, -0.05) is 91.0 Å². The number of aromatic nitrogens is 1. The number of anilines is 2. The third-order valence-corrected chi connectivity index (χ3v) is 7.90. The molecule has 0 aliphatic rings. The number of rotatable bonds is 9. The Kier molecular flexibility index (Phi) is 8.74. The second-order valence-electron chi connectivity index (χ2n) is 10.3. The molecule has 0 saturated carbocycles. The van der Waals surface area contributed by atoms with E-state index in [-0.39, 0.29) is 12.2 Å². The van der Waals surface area contributed by atoms with E-state index < -0.39 is 17.5 Å². The molecule has 3 N–H and O–H groups in total. The Morgan fingerprint density at radius 1 is 0.810 bits per heavy atom. The molecule has 6 nitrogen and oxygen atoms in total. The Morgan fingerprint density at radius 2 is 1.45 bits per heavy atom. The zero-order chi connectivity index (χ0) is 29.5. The number of carbonyl (C=O) groups excluding carboxylic acids is 2. The fourth-order valence-corrected chi connectivity index (χ4v) is 5.68. The third-order valence-electron chi connectivity index (χ3n) is 6.93. The summed E-state index contributed by atoms with van der Waals surface area (Å²) in [5.41, 5.74) is 3.71. The van der Waals surface area contributed by atoms with E-state index in [9.17, 15) is 14.0 Å². The summed E-state index contributed by atoms with van der Waals surface area (Å²) in [6.07, 6.45) is 0.788. The molecular formula is C34H31FN4O2S. The van der Waals surface area contributed by atoms with Gasteiger partial charge in [0.15, 0.2) is 5.13 Å². The van der Waals surface area contributed by atoms with E-state index in [1.165, 1.54) is 23.5 Å². The summed E-state index contributed by atoms with van der Waals surface area (Å²) < 4.78 is 13.6. The van der Waals surface area contributed by atoms with Gasteiger partial charge in [0, 0.05) is 29.0 Å². The zero-order valence-corrected chi connectivity index (χ0v) is 24.2. The number of halogens is 1. The van der Waals surface area contributed by atoms with Gasteiger partial charge in [-0.3, -0.25) is 10.1 Å². The molecule has 3 amide bonds. The highest BCUT2D eigenvalue weighted by Crippen LogP contribution is 2.33. The van der Waals surface area contributed by atoms with E-state index in [2.05, 4.69) is 28.1 Å². The normalized spacial score (nSPS) is 12.3. The van der Waals surface area contributed by atoms with E-state index in [4.69, 9.17) is 4.98 Å². The van der Waals surface area contributed by atoms with Crippen molar-refractivity contribution in [1.29, 1.82) is 0 Å². The van der Waals surface area contributed by atoms with Gasteiger partial charge in [-0.15, -0.1) is 11.3 Å². The van der Waals surface area contributed by atoms with Crippen molar-refractivity contribution >= 4 is 34.1 Å². The maximum atomic E-state index is 13.9. The minimum absolute atomic E-state index is 0.133. The number of amides is 3. The van der Waals surface area contributed by atoms with Crippen LogP contribution >= 0.6 is 11.3 Å². The van der Waals surface area contributed by atoms with Crippen molar-refractivity contribution in [3.05, 3.63) is 137 Å². The molecular weight excluding hydrogens is 547 g/mol. The number of para-hydroxylation sites is 1. The lowest BCUT2D eigenvalue weighted by atomic mass is 9.91. The molecule has 0 radical (unpaired) electrons. The van der Waals surface area contributed by atoms with Crippen molar-refractivity contribution in [2.75, 3.05) is 10.6 Å². The van der Waals surface area contributed by atoms with Gasteiger partial charge in [0.2, 0.25) is 0 Å². The number of urea groups is 1. The Morgan fingerprint density at radius 3 is 2.14 bits per heavy atom. The molecule has 0 spiro atoms. The standard InChI is InChI=1S/C34H31FN4O2S/c1-23-11-9-10-16-28(23)36-32(41)39-34(2,22-25-17-19-27(35)20-18-25)31(40)38-33-37-30(26-14-7-4-8-15-26)29(42-33)21-24-12-5-3-6-13-24/h3-20H,21-22H2,1-2H3,(H2,36,39,41)(H,37,38,40). The smallest absolute Gasteiger partial charge is 0.320 e. The highest BCUT2D eigenvalue weighted by atomic mass is 32.1. The number of carbonyl (C=O) groups is 2. The van der Waals surface area contributed by atoms with E-state index in [1.54, 1.807) is 25.1 Å². The summed E-state index contributed by atoms with van der Waals surface area (Å²) in [5.74, 6) is -0.816. The summed E-state index contributed by atoms with van der Waals surface area (Å²) >= 11 is 1.40. The first kappa shape index (κ1) is 28.7. The van der Waals surface area contributed by atoms with Crippen LogP contribution in [0, 0.1) is 12.7 Å². The summed E-state index contributed by atoms with van der Waals surface area (Å²) in [6, 6.07) is 32.7. The maximum absolute atomic E-state index is 13.9. The Hall–Kier alpha value is -4.82. The highest BCUT2D eigenvalue weighted by Gasteiger charge is 2.36. The Balaban J connectivity index is 1.43. The van der Waals surface area contributed by atoms with Crippen molar-refractivity contribution < 1.29 is 14.0 Å². The van der Waals surface area contributed by atoms with Crippen LogP contribution in [-0.4, -0.2) is 22.5 Å². The monoisotopic (exact) mass is 578 g/mol. The third kappa shape index (κ3) is 7.08. The van der Waals surface area contributed by atoms with Crippen molar-refractivity contribution in [3.8, 4) is 11.3 Å². The van der Waals surface area contributed by atoms with E-state index in [0.29, 0.717) is 22.8 Å². The lowest BCUT2D eigenvalue weighted by molar-refractivity contribution is -0.121. The molecule has 212 valence electrons. The Labute approximate surface area is 248 Å². The molecule has 0 bridgehead atoms. The van der Waals surface area contributed by atoms with Crippen LogP contribution in [0.2, 0.25) is 0 Å². The number of thiazole rings is 1. The number of hydrogen-bond donors (Lipinski definition) is 3. The van der Waals surface area contributed by atoms with Crippen LogP contribution in [-0.2, 0) is 17.6 Å². The molecule has 42 heavy (non-hydrogen) atoms. The molecule has 4 aromatic carbocycles. The van der Waals surface area contributed by atoms with Gasteiger partial charge < -0.3 is 10.6 Å². The minimum Gasteiger partial charge on any atom is -0.323 e. The topological polar surface area (TPSA) is 83.1 Å². The zero-order valence-electron chi connectivity index (χ0n) is 23.4. The second kappa shape index (κ2) is 12.8. The average Bonchev–Trinajstić information content (AvgIpc) is 3.38. The second-order valence-corrected chi connectivity index (χ2v) is 11.4. The van der Waals surface area contributed by atoms with E-state index in [1.807, 2.05) is 73.7 Å². The van der Waals surface area contributed by atoms with Crippen molar-refractivity contribution in [2.45, 2.75) is 32.2 Å². The molecule has 0 saturated heterocycles. The molecule has 0 aliphatic carbocycles. The fourth-order valence-electron chi connectivity index (χ4n) is 4.67. The number of benzene rings is 4. The highest BCUT2D eigenvalue weighted by molar-refractivity contribution is 7.16. The Bertz CT molecular complexity index is 1670. The van der Waals surface area contributed by atoms with Gasteiger partial charge >= 0.3 is 6.03 Å². The lowest BCUT2D eigenvalue weighted by Gasteiger charge is -2.29. The van der Waals surface area contributed by atoms with Gasteiger partial charge in [0.1, 0.15) is 11.4 Å². The number of nitrogens with zero attached hydrogens (tertiary/aromatic N) is 1. The molecule has 1 aromatic heterocycles. The molecule has 1 atom stereocenters. The first-order valence-corrected chi connectivity index (χ1v) is 14.4. The summed E-state index contributed by atoms with van der Waals surface area (Å²) in [5, 5.41) is 9.09. The van der Waals surface area contributed by atoms with Crippen molar-refractivity contribution in [2.24, 2.45) is 0 Å². The van der Waals surface area contributed by atoms with Crippen LogP contribution in [0.25, 0.3) is 11.3 Å². The maximum Gasteiger partial charge on any atom is 0.320 e. The molecule has 0 fully saturated rings. The van der Waals surface area contributed by atoms with Gasteiger partial charge in [-0.2, -0.15) is 0 Å². The largest absolute Gasteiger partial charge is 0.323 e. The summed E-state index contributed by atoms with van der Waals surface area (Å²) in [7, 11) is 0. The number of nitrogens with one attached hydrogen (secondary N) is 3. The number of aryl methyl sites for hydroxylation is 1. The van der Waals surface area contributed by atoms with Crippen LogP contribution in [0.4, 0.5) is 20.0 Å². The van der Waals surface area contributed by atoms with Crippen molar-refractivity contribution in [3.63, 3.8) is 0 Å². The molecule has 8 heteroatoms. The predicted octanol–water partition coefficient (Wildman–Crippen LogP) is 7.61. The SMILES string of the molecule is Cc1ccccc1NC(=O)NC(C)(Cc1ccc(F)cc1)C(=O)Nc1nc(-c2ccccc2)c(Cc2ccccc2)s1. The van der Waals surface area contributed by atoms with E-state index in [0.717, 1.165) is 27.3 Å². The van der Waals surface area contributed by atoms with Crippen LogP contribution < -0.4 is 16.0 Å². The van der Waals surface area contributed by atoms with Crippen molar-refractivity contribution in [1.82, 2.24) is 10.3 Å². The van der Waals surface area contributed by atoms with Crippen LogP contribution in [0.15, 0.2) is 109 Å². The first-order chi connectivity index (χ1) is 20.3. The van der Waals surface area contributed by atoms with Crippen LogP contribution in [0.5, 0.6) is 0 Å². The fraction of sp³-hybridized carbons (Fsp3) is 0.147. The molecule has 5 rings (SSSR count). The summed E-state index contributed by atoms with van der Waals surface area (Å²) in [6.45, 7) is 3.54. The summed E-state index contributed by atoms with van der Waals surface area (Å²) in [4.78, 5) is 32.9. The van der Waals surface area contributed by atoms with Gasteiger partial charge in [-0.25, -0.2) is 14.2 Å². The van der Waals surface area contributed by atoms with Crippen LogP contribution in [0.1, 0.15) is 28.5 Å². The minimum atomic E-state index is -1.39. The molecule has 1 heterocycles. The quantitative estimate of drug-likeness (QED) is 0.168. The van der Waals surface area contributed by atoms with Gasteiger partial charge in [-0.05, 0) is 48.7 Å². The van der Waals surface area contributed by atoms with E-state index >= 15 is 0 Å². The predicted molar refractivity (Wildman–Crippen MR) is 167 cm³/mol.